The molecular weight excluding hydrogens is 404 g/mol. The number of thioether (sulfide) groups is 1. The number of allylic oxidation sites excluding steroid dienone is 1. The number of carbonyl (C=O) groups is 1. The van der Waals surface area contributed by atoms with Crippen molar-refractivity contribution in [2.45, 2.75) is 51.7 Å². The first kappa shape index (κ1) is 22.8. The maximum atomic E-state index is 12.6. The van der Waals surface area contributed by atoms with Gasteiger partial charge in [-0.05, 0) is 36.0 Å². The van der Waals surface area contributed by atoms with Gasteiger partial charge >= 0.3 is 0 Å². The van der Waals surface area contributed by atoms with E-state index in [1.54, 1.807) is 0 Å². The van der Waals surface area contributed by atoms with Gasteiger partial charge < -0.3 is 5.32 Å². The van der Waals surface area contributed by atoms with Crippen LogP contribution in [0, 0.1) is 13.8 Å². The first-order valence-corrected chi connectivity index (χ1v) is 11.3. The second-order valence-corrected chi connectivity index (χ2v) is 9.58. The van der Waals surface area contributed by atoms with Gasteiger partial charge in [0.25, 0.3) is 0 Å². The molecule has 0 spiro atoms. The SMILES string of the molecule is C=CCn1c(SCC(=O)Nc2c(C)cccc2C)nnc1-c1ccc(C(C)(C)C)cc1. The molecule has 0 saturated carbocycles. The van der Waals surface area contributed by atoms with Gasteiger partial charge in [-0.25, -0.2) is 0 Å². The number of amides is 1. The third-order valence-electron chi connectivity index (χ3n) is 5.12. The van der Waals surface area contributed by atoms with Crippen LogP contribution < -0.4 is 5.32 Å². The predicted octanol–water partition coefficient (Wildman–Crippen LogP) is 5.78. The fourth-order valence-corrected chi connectivity index (χ4v) is 4.09. The molecule has 5 nitrogen and oxygen atoms in total. The fraction of sp³-hybridized carbons (Fsp3) is 0.320. The van der Waals surface area contributed by atoms with Crippen molar-refractivity contribution in [2.75, 3.05) is 11.1 Å². The minimum absolute atomic E-state index is 0.0633. The maximum absolute atomic E-state index is 12.6. The molecule has 31 heavy (non-hydrogen) atoms. The van der Waals surface area contributed by atoms with Crippen LogP contribution in [0.5, 0.6) is 0 Å². The number of benzene rings is 2. The molecule has 0 unspecified atom stereocenters. The molecule has 1 N–H and O–H groups in total. The number of nitrogens with zero attached hydrogens (tertiary/aromatic N) is 3. The van der Waals surface area contributed by atoms with E-state index < -0.39 is 0 Å². The van der Waals surface area contributed by atoms with Crippen LogP contribution in [0.2, 0.25) is 0 Å². The van der Waals surface area contributed by atoms with Gasteiger partial charge in [-0.15, -0.1) is 16.8 Å². The lowest BCUT2D eigenvalue weighted by Crippen LogP contribution is -2.16. The minimum Gasteiger partial charge on any atom is -0.325 e. The maximum Gasteiger partial charge on any atom is 0.234 e. The summed E-state index contributed by atoms with van der Waals surface area (Å²) in [5.41, 5.74) is 5.33. The summed E-state index contributed by atoms with van der Waals surface area (Å²) in [5, 5.41) is 12.5. The zero-order valence-electron chi connectivity index (χ0n) is 18.9. The summed E-state index contributed by atoms with van der Waals surface area (Å²) >= 11 is 1.38. The van der Waals surface area contributed by atoms with Crippen molar-refractivity contribution in [3.63, 3.8) is 0 Å². The smallest absolute Gasteiger partial charge is 0.234 e. The number of aryl methyl sites for hydroxylation is 2. The zero-order valence-corrected chi connectivity index (χ0v) is 19.7. The van der Waals surface area contributed by atoms with Crippen LogP contribution >= 0.6 is 11.8 Å². The van der Waals surface area contributed by atoms with E-state index in [9.17, 15) is 4.79 Å². The Morgan fingerprint density at radius 1 is 1.10 bits per heavy atom. The average molecular weight is 435 g/mol. The number of aromatic nitrogens is 3. The second-order valence-electron chi connectivity index (χ2n) is 8.64. The molecule has 0 aliphatic heterocycles. The molecule has 6 heteroatoms. The molecule has 0 saturated heterocycles. The molecule has 162 valence electrons. The van der Waals surface area contributed by atoms with Crippen molar-refractivity contribution in [2.24, 2.45) is 0 Å². The van der Waals surface area contributed by atoms with E-state index in [1.807, 2.05) is 42.7 Å². The molecule has 0 bridgehead atoms. The number of carbonyl (C=O) groups excluding carboxylic acids is 1. The number of rotatable bonds is 7. The Balaban J connectivity index is 1.76. The zero-order chi connectivity index (χ0) is 22.6. The largest absolute Gasteiger partial charge is 0.325 e. The lowest BCUT2D eigenvalue weighted by molar-refractivity contribution is -0.113. The first-order chi connectivity index (χ1) is 14.7. The van der Waals surface area contributed by atoms with Gasteiger partial charge in [0.15, 0.2) is 11.0 Å². The van der Waals surface area contributed by atoms with E-state index >= 15 is 0 Å². The van der Waals surface area contributed by atoms with Gasteiger partial charge in [0, 0.05) is 17.8 Å². The van der Waals surface area contributed by atoms with Crippen molar-refractivity contribution >= 4 is 23.4 Å². The van der Waals surface area contributed by atoms with E-state index in [4.69, 9.17) is 0 Å². The first-order valence-electron chi connectivity index (χ1n) is 10.3. The van der Waals surface area contributed by atoms with E-state index in [-0.39, 0.29) is 17.1 Å². The third-order valence-corrected chi connectivity index (χ3v) is 6.08. The van der Waals surface area contributed by atoms with E-state index in [2.05, 4.69) is 67.1 Å². The van der Waals surface area contributed by atoms with Crippen molar-refractivity contribution in [3.8, 4) is 11.4 Å². The number of anilines is 1. The summed E-state index contributed by atoms with van der Waals surface area (Å²) in [6.45, 7) is 15.0. The lowest BCUT2D eigenvalue weighted by Gasteiger charge is -2.19. The monoisotopic (exact) mass is 434 g/mol. The Kier molecular flexibility index (Phi) is 7.01. The quantitative estimate of drug-likeness (QED) is 0.378. The van der Waals surface area contributed by atoms with E-state index in [0.717, 1.165) is 28.2 Å². The molecule has 0 fully saturated rings. The Bertz CT molecular complexity index is 1060. The summed E-state index contributed by atoms with van der Waals surface area (Å²) in [6.07, 6.45) is 1.82. The van der Waals surface area contributed by atoms with Crippen LogP contribution in [0.4, 0.5) is 5.69 Å². The summed E-state index contributed by atoms with van der Waals surface area (Å²) in [4.78, 5) is 12.6. The van der Waals surface area contributed by atoms with E-state index in [0.29, 0.717) is 11.7 Å². The minimum atomic E-state index is -0.0633. The van der Waals surface area contributed by atoms with E-state index in [1.165, 1.54) is 17.3 Å². The van der Waals surface area contributed by atoms with Crippen molar-refractivity contribution in [3.05, 3.63) is 71.8 Å². The van der Waals surface area contributed by atoms with Crippen molar-refractivity contribution in [1.82, 2.24) is 14.8 Å². The van der Waals surface area contributed by atoms with Gasteiger partial charge in [-0.1, -0.05) is 81.1 Å². The molecule has 1 amide bonds. The highest BCUT2D eigenvalue weighted by Gasteiger charge is 2.17. The summed E-state index contributed by atoms with van der Waals surface area (Å²) < 4.78 is 2.00. The summed E-state index contributed by atoms with van der Waals surface area (Å²) in [7, 11) is 0. The van der Waals surface area contributed by atoms with Crippen LogP contribution in [0.3, 0.4) is 0 Å². The third kappa shape index (κ3) is 5.44. The molecule has 1 heterocycles. The standard InChI is InChI=1S/C25H30N4OS/c1-7-15-29-23(19-11-13-20(14-12-19)25(4,5)6)27-28-24(29)31-16-21(30)26-22-17(2)9-8-10-18(22)3/h7-14H,1,15-16H2,2-6H3,(H,26,30). The second kappa shape index (κ2) is 9.52. The Morgan fingerprint density at radius 2 is 1.74 bits per heavy atom. The van der Waals surface area contributed by atoms with Gasteiger partial charge in [0.2, 0.25) is 5.91 Å². The highest BCUT2D eigenvalue weighted by molar-refractivity contribution is 7.99. The summed E-state index contributed by atoms with van der Waals surface area (Å²) in [6, 6.07) is 14.4. The molecule has 0 atom stereocenters. The van der Waals surface area contributed by atoms with Gasteiger partial charge in [0.1, 0.15) is 0 Å². The predicted molar refractivity (Wildman–Crippen MR) is 130 cm³/mol. The Labute approximate surface area is 189 Å². The van der Waals surface area contributed by atoms with Gasteiger partial charge in [-0.3, -0.25) is 9.36 Å². The van der Waals surface area contributed by atoms with Crippen LogP contribution in [0.1, 0.15) is 37.5 Å². The molecule has 3 aromatic rings. The number of para-hydroxylation sites is 1. The molecule has 1 aromatic heterocycles. The van der Waals surface area contributed by atoms with Crippen LogP contribution in [0.15, 0.2) is 60.3 Å². The van der Waals surface area contributed by atoms with Crippen LogP contribution in [-0.2, 0) is 16.8 Å². The Morgan fingerprint density at radius 3 is 2.32 bits per heavy atom. The van der Waals surface area contributed by atoms with Crippen LogP contribution in [0.25, 0.3) is 11.4 Å². The van der Waals surface area contributed by atoms with Gasteiger partial charge in [-0.2, -0.15) is 0 Å². The molecule has 0 aliphatic rings. The molecule has 3 rings (SSSR count). The molecule has 2 aromatic carbocycles. The topological polar surface area (TPSA) is 59.8 Å². The number of nitrogens with one attached hydrogen (secondary N) is 1. The highest BCUT2D eigenvalue weighted by Crippen LogP contribution is 2.28. The van der Waals surface area contributed by atoms with Crippen molar-refractivity contribution in [1.29, 1.82) is 0 Å². The fourth-order valence-electron chi connectivity index (χ4n) is 3.34. The van der Waals surface area contributed by atoms with Gasteiger partial charge in [0.05, 0.1) is 5.75 Å². The molecule has 0 aliphatic carbocycles. The van der Waals surface area contributed by atoms with Crippen molar-refractivity contribution < 1.29 is 4.79 Å². The highest BCUT2D eigenvalue weighted by atomic mass is 32.2. The average Bonchev–Trinajstić information content (AvgIpc) is 3.12. The summed E-state index contributed by atoms with van der Waals surface area (Å²) in [5.74, 6) is 0.969. The molecular formula is C25H30N4OS. The normalized spacial score (nSPS) is 11.4. The molecule has 0 radical (unpaired) electrons. The Hall–Kier alpha value is -2.86. The number of hydrogen-bond acceptors (Lipinski definition) is 4. The lowest BCUT2D eigenvalue weighted by atomic mass is 9.87. The van der Waals surface area contributed by atoms with Crippen LogP contribution in [-0.4, -0.2) is 26.4 Å². The number of hydrogen-bond donors (Lipinski definition) is 1.